The van der Waals surface area contributed by atoms with Gasteiger partial charge in [0.15, 0.2) is 5.69 Å². The molecular weight excluding hydrogens is 321 g/mol. The summed E-state index contributed by atoms with van der Waals surface area (Å²) >= 11 is 2.01. The first-order valence-electron chi connectivity index (χ1n) is 5.00. The molecule has 0 amide bonds. The van der Waals surface area contributed by atoms with Crippen molar-refractivity contribution in [1.29, 1.82) is 0 Å². The predicted octanol–water partition coefficient (Wildman–Crippen LogP) is 2.00. The fourth-order valence-corrected chi connectivity index (χ4v) is 1.81. The van der Waals surface area contributed by atoms with Crippen LogP contribution in [0.1, 0.15) is 38.2 Å². The molecule has 0 bridgehead atoms. The number of hydrogen-bond acceptors (Lipinski definition) is 4. The monoisotopic (exact) mass is 337 g/mol. The van der Waals surface area contributed by atoms with E-state index in [0.29, 0.717) is 16.0 Å². The number of esters is 1. The topological polar surface area (TPSA) is 70.1 Å². The van der Waals surface area contributed by atoms with Gasteiger partial charge in [0.05, 0.1) is 15.7 Å². The maximum atomic E-state index is 11.6. The normalized spacial score (nSPS) is 11.6. The lowest BCUT2D eigenvalue weighted by Crippen LogP contribution is -2.25. The van der Waals surface area contributed by atoms with E-state index in [9.17, 15) is 4.79 Å². The molecule has 0 atom stereocenters. The van der Waals surface area contributed by atoms with Crippen molar-refractivity contribution in [2.45, 2.75) is 33.2 Å². The summed E-state index contributed by atoms with van der Waals surface area (Å²) in [5.74, 6) is 0.0674. The molecule has 0 aliphatic heterocycles. The van der Waals surface area contributed by atoms with Gasteiger partial charge in [0.25, 0.3) is 0 Å². The maximum absolute atomic E-state index is 11.6. The van der Waals surface area contributed by atoms with Gasteiger partial charge < -0.3 is 10.5 Å². The molecule has 2 N–H and O–H groups in total. The van der Waals surface area contributed by atoms with Crippen LogP contribution in [0.4, 0.5) is 5.82 Å². The fraction of sp³-hybridized carbons (Fsp3) is 0.600. The maximum Gasteiger partial charge on any atom is 0.360 e. The first-order valence-corrected chi connectivity index (χ1v) is 6.08. The van der Waals surface area contributed by atoms with E-state index in [1.165, 1.54) is 0 Å². The minimum atomic E-state index is -0.429. The molecule has 0 radical (unpaired) electrons. The van der Waals surface area contributed by atoms with Crippen molar-refractivity contribution in [2.24, 2.45) is 0 Å². The Bertz CT molecular complexity index is 407. The number of halogens is 1. The highest BCUT2D eigenvalue weighted by atomic mass is 127. The summed E-state index contributed by atoms with van der Waals surface area (Å²) < 4.78 is 7.20. The summed E-state index contributed by atoms with van der Waals surface area (Å²) in [6, 6.07) is 0. The van der Waals surface area contributed by atoms with Crippen molar-refractivity contribution in [3.63, 3.8) is 0 Å². The highest BCUT2D eigenvalue weighted by Crippen LogP contribution is 2.25. The summed E-state index contributed by atoms with van der Waals surface area (Å²) in [6.07, 6.45) is 0. The third-order valence-corrected chi connectivity index (χ3v) is 3.03. The van der Waals surface area contributed by atoms with E-state index in [0.717, 1.165) is 0 Å². The van der Waals surface area contributed by atoms with Crippen LogP contribution in [0.25, 0.3) is 0 Å². The van der Waals surface area contributed by atoms with Crippen molar-refractivity contribution >= 4 is 34.4 Å². The van der Waals surface area contributed by atoms with Crippen molar-refractivity contribution < 1.29 is 9.53 Å². The number of rotatable bonds is 2. The molecule has 1 rings (SSSR count). The Hall–Kier alpha value is -0.790. The summed E-state index contributed by atoms with van der Waals surface area (Å²) in [4.78, 5) is 11.6. The van der Waals surface area contributed by atoms with E-state index in [1.807, 2.05) is 43.4 Å². The van der Waals surface area contributed by atoms with Gasteiger partial charge in [0, 0.05) is 0 Å². The van der Waals surface area contributed by atoms with Crippen LogP contribution in [0.15, 0.2) is 0 Å². The van der Waals surface area contributed by atoms with Gasteiger partial charge in [-0.05, 0) is 50.3 Å². The summed E-state index contributed by atoms with van der Waals surface area (Å²) in [5.41, 5.74) is 5.94. The molecule has 0 unspecified atom stereocenters. The lowest BCUT2D eigenvalue weighted by Gasteiger charge is -2.20. The van der Waals surface area contributed by atoms with Gasteiger partial charge >= 0.3 is 5.97 Å². The third-order valence-electron chi connectivity index (χ3n) is 1.97. The van der Waals surface area contributed by atoms with Crippen LogP contribution < -0.4 is 5.73 Å². The average Bonchev–Trinajstić information content (AvgIpc) is 2.44. The summed E-state index contributed by atoms with van der Waals surface area (Å²) in [5, 5.41) is 4.21. The van der Waals surface area contributed by atoms with Crippen LogP contribution in [0.3, 0.4) is 0 Å². The number of hydrogen-bond donors (Lipinski definition) is 1. The molecule has 0 aromatic carbocycles. The molecule has 16 heavy (non-hydrogen) atoms. The molecule has 5 nitrogen and oxygen atoms in total. The molecule has 1 aromatic rings. The van der Waals surface area contributed by atoms with E-state index < -0.39 is 5.97 Å². The zero-order chi connectivity index (χ0) is 12.5. The molecule has 0 fully saturated rings. The SMILES string of the molecule is CCOC(=O)c1nn(C(C)(C)C)c(N)c1I. The Balaban J connectivity index is 3.20. The smallest absolute Gasteiger partial charge is 0.360 e. The summed E-state index contributed by atoms with van der Waals surface area (Å²) in [7, 11) is 0. The van der Waals surface area contributed by atoms with Gasteiger partial charge in [-0.15, -0.1) is 0 Å². The largest absolute Gasteiger partial charge is 0.461 e. The number of ether oxygens (including phenoxy) is 1. The second kappa shape index (κ2) is 4.60. The quantitative estimate of drug-likeness (QED) is 0.662. The van der Waals surface area contributed by atoms with Crippen LogP contribution in [0.5, 0.6) is 0 Å². The number of nitrogen functional groups attached to an aromatic ring is 1. The van der Waals surface area contributed by atoms with E-state index in [1.54, 1.807) is 11.6 Å². The minimum absolute atomic E-state index is 0.255. The third kappa shape index (κ3) is 2.47. The van der Waals surface area contributed by atoms with Gasteiger partial charge in [0.2, 0.25) is 0 Å². The number of nitrogens with zero attached hydrogens (tertiary/aromatic N) is 2. The Morgan fingerprint density at radius 2 is 2.12 bits per heavy atom. The van der Waals surface area contributed by atoms with E-state index in [2.05, 4.69) is 5.10 Å². The molecule has 0 aliphatic rings. The van der Waals surface area contributed by atoms with Gasteiger partial charge in [-0.3, -0.25) is 0 Å². The highest BCUT2D eigenvalue weighted by Gasteiger charge is 2.25. The molecule has 6 heteroatoms. The van der Waals surface area contributed by atoms with Crippen LogP contribution in [-0.2, 0) is 10.3 Å². The molecule has 90 valence electrons. The molecule has 1 heterocycles. The van der Waals surface area contributed by atoms with Gasteiger partial charge in [-0.25, -0.2) is 9.48 Å². The lowest BCUT2D eigenvalue weighted by atomic mass is 10.1. The molecule has 0 spiro atoms. The average molecular weight is 337 g/mol. The number of anilines is 1. The van der Waals surface area contributed by atoms with Crippen LogP contribution in [0, 0.1) is 3.57 Å². The second-order valence-corrected chi connectivity index (χ2v) is 5.43. The van der Waals surface area contributed by atoms with Crippen LogP contribution >= 0.6 is 22.6 Å². The van der Waals surface area contributed by atoms with Gasteiger partial charge in [-0.2, -0.15) is 5.10 Å². The van der Waals surface area contributed by atoms with Crippen molar-refractivity contribution in [3.8, 4) is 0 Å². The Morgan fingerprint density at radius 3 is 2.50 bits per heavy atom. The van der Waals surface area contributed by atoms with Gasteiger partial charge in [-0.1, -0.05) is 0 Å². The molecule has 0 saturated carbocycles. The molecule has 0 aliphatic carbocycles. The second-order valence-electron chi connectivity index (χ2n) is 4.35. The zero-order valence-corrected chi connectivity index (χ0v) is 12.0. The highest BCUT2D eigenvalue weighted by molar-refractivity contribution is 14.1. The van der Waals surface area contributed by atoms with E-state index >= 15 is 0 Å². The summed E-state index contributed by atoms with van der Waals surface area (Å²) in [6.45, 7) is 8.01. The zero-order valence-electron chi connectivity index (χ0n) is 9.87. The minimum Gasteiger partial charge on any atom is -0.461 e. The molecular formula is C10H16IN3O2. The first-order chi connectivity index (χ1) is 7.29. The Morgan fingerprint density at radius 1 is 1.56 bits per heavy atom. The first kappa shape index (κ1) is 13.3. The van der Waals surface area contributed by atoms with E-state index in [-0.39, 0.29) is 11.2 Å². The Kier molecular flexibility index (Phi) is 3.82. The lowest BCUT2D eigenvalue weighted by molar-refractivity contribution is 0.0516. The Labute approximate surface area is 108 Å². The van der Waals surface area contributed by atoms with Crippen LogP contribution in [-0.4, -0.2) is 22.4 Å². The molecule has 1 aromatic heterocycles. The van der Waals surface area contributed by atoms with Crippen molar-refractivity contribution in [2.75, 3.05) is 12.3 Å². The number of nitrogens with two attached hydrogens (primary N) is 1. The van der Waals surface area contributed by atoms with Gasteiger partial charge in [0.1, 0.15) is 5.82 Å². The van der Waals surface area contributed by atoms with Crippen LogP contribution in [0.2, 0.25) is 0 Å². The van der Waals surface area contributed by atoms with Crippen molar-refractivity contribution in [1.82, 2.24) is 9.78 Å². The number of carbonyl (C=O) groups is 1. The number of carbonyl (C=O) groups excluding carboxylic acids is 1. The van der Waals surface area contributed by atoms with Crippen molar-refractivity contribution in [3.05, 3.63) is 9.26 Å². The standard InChI is InChI=1S/C10H16IN3O2/c1-5-16-9(15)7-6(11)8(12)14(13-7)10(2,3)4/h5,12H2,1-4H3. The number of aromatic nitrogens is 2. The fourth-order valence-electron chi connectivity index (χ4n) is 1.25. The predicted molar refractivity (Wildman–Crippen MR) is 70.3 cm³/mol. The molecule has 0 saturated heterocycles. The van der Waals surface area contributed by atoms with E-state index in [4.69, 9.17) is 10.5 Å².